The normalized spacial score (nSPS) is 34.4. The topological polar surface area (TPSA) is 12.0 Å². The van der Waals surface area contributed by atoms with Crippen LogP contribution in [-0.2, 0) is 0 Å². The smallest absolute Gasteiger partial charge is 0.0351 e. The molecule has 86 valence electrons. The highest BCUT2D eigenvalue weighted by Gasteiger charge is 2.35. The molecule has 1 aromatic rings. The van der Waals surface area contributed by atoms with Crippen molar-refractivity contribution in [3.8, 4) is 0 Å². The van der Waals surface area contributed by atoms with Crippen molar-refractivity contribution in [2.45, 2.75) is 38.1 Å². The van der Waals surface area contributed by atoms with Crippen molar-refractivity contribution in [1.82, 2.24) is 5.32 Å². The lowest BCUT2D eigenvalue weighted by atomic mass is 9.70. The van der Waals surface area contributed by atoms with Gasteiger partial charge in [0.2, 0.25) is 0 Å². The molecule has 0 amide bonds. The zero-order valence-electron chi connectivity index (χ0n) is 9.86. The summed E-state index contributed by atoms with van der Waals surface area (Å²) in [5.74, 6) is 1.88. The summed E-state index contributed by atoms with van der Waals surface area (Å²) in [4.78, 5) is 0. The van der Waals surface area contributed by atoms with E-state index < -0.39 is 0 Å². The first-order valence-corrected chi connectivity index (χ1v) is 6.73. The van der Waals surface area contributed by atoms with Crippen molar-refractivity contribution < 1.29 is 0 Å². The fraction of sp³-hybridized carbons (Fsp3) is 0.600. The third kappa shape index (κ3) is 1.89. The maximum absolute atomic E-state index is 3.73. The van der Waals surface area contributed by atoms with Gasteiger partial charge < -0.3 is 5.32 Å². The van der Waals surface area contributed by atoms with Crippen LogP contribution in [0.15, 0.2) is 30.3 Å². The molecule has 0 spiro atoms. The van der Waals surface area contributed by atoms with Gasteiger partial charge in [-0.1, -0.05) is 49.6 Å². The predicted molar refractivity (Wildman–Crippen MR) is 67.3 cm³/mol. The minimum atomic E-state index is 0.625. The van der Waals surface area contributed by atoms with Gasteiger partial charge in [0.05, 0.1) is 0 Å². The Bertz CT molecular complexity index is 331. The molecule has 1 aliphatic heterocycles. The molecular weight excluding hydrogens is 194 g/mol. The summed E-state index contributed by atoms with van der Waals surface area (Å²) in [5.41, 5.74) is 1.50. The maximum atomic E-state index is 3.73. The minimum absolute atomic E-state index is 0.625. The van der Waals surface area contributed by atoms with Crippen LogP contribution in [0.4, 0.5) is 0 Å². The van der Waals surface area contributed by atoms with Crippen LogP contribution < -0.4 is 5.32 Å². The summed E-state index contributed by atoms with van der Waals surface area (Å²) in [6.45, 7) is 1.21. The molecule has 1 nitrogen and oxygen atoms in total. The van der Waals surface area contributed by atoms with E-state index in [2.05, 4.69) is 35.6 Å². The second kappa shape index (κ2) is 4.58. The molecule has 1 aromatic carbocycles. The Hall–Kier alpha value is -0.820. The van der Waals surface area contributed by atoms with Crippen LogP contribution >= 0.6 is 0 Å². The number of hydrogen-bond donors (Lipinski definition) is 1. The van der Waals surface area contributed by atoms with E-state index in [-0.39, 0.29) is 0 Å². The van der Waals surface area contributed by atoms with Gasteiger partial charge in [-0.05, 0) is 36.8 Å². The van der Waals surface area contributed by atoms with Gasteiger partial charge >= 0.3 is 0 Å². The van der Waals surface area contributed by atoms with Gasteiger partial charge in [-0.25, -0.2) is 0 Å². The highest BCUT2D eigenvalue weighted by Crippen LogP contribution is 2.42. The van der Waals surface area contributed by atoms with Gasteiger partial charge in [-0.15, -0.1) is 0 Å². The number of hydrogen-bond acceptors (Lipinski definition) is 1. The Kier molecular flexibility index (Phi) is 2.96. The van der Waals surface area contributed by atoms with Gasteiger partial charge in [-0.2, -0.15) is 0 Å². The van der Waals surface area contributed by atoms with E-state index in [1.54, 1.807) is 0 Å². The summed E-state index contributed by atoms with van der Waals surface area (Å²) in [5, 5.41) is 3.73. The molecule has 3 rings (SSSR count). The van der Waals surface area contributed by atoms with Crippen LogP contribution in [0, 0.1) is 11.8 Å². The van der Waals surface area contributed by atoms with Gasteiger partial charge in [0, 0.05) is 6.04 Å². The first-order chi connectivity index (χ1) is 7.95. The van der Waals surface area contributed by atoms with E-state index in [1.807, 2.05) is 0 Å². The Morgan fingerprint density at radius 3 is 2.62 bits per heavy atom. The lowest BCUT2D eigenvalue weighted by Gasteiger charge is -2.42. The molecular formula is C15H21N. The van der Waals surface area contributed by atoms with E-state index in [0.29, 0.717) is 6.04 Å². The summed E-state index contributed by atoms with van der Waals surface area (Å²) >= 11 is 0. The van der Waals surface area contributed by atoms with Crippen molar-refractivity contribution >= 4 is 0 Å². The lowest BCUT2D eigenvalue weighted by Crippen LogP contribution is -2.41. The third-order valence-electron chi connectivity index (χ3n) is 4.43. The van der Waals surface area contributed by atoms with E-state index in [4.69, 9.17) is 0 Å². The predicted octanol–water partition coefficient (Wildman–Crippen LogP) is 3.53. The van der Waals surface area contributed by atoms with Crippen molar-refractivity contribution in [3.63, 3.8) is 0 Å². The monoisotopic (exact) mass is 215 g/mol. The summed E-state index contributed by atoms with van der Waals surface area (Å²) in [6, 6.07) is 11.7. The Balaban J connectivity index is 1.83. The van der Waals surface area contributed by atoms with Crippen LogP contribution in [0.3, 0.4) is 0 Å². The molecule has 1 aliphatic carbocycles. The van der Waals surface area contributed by atoms with Crippen LogP contribution in [0.2, 0.25) is 0 Å². The van der Waals surface area contributed by atoms with E-state index in [1.165, 1.54) is 44.2 Å². The number of piperidine rings is 1. The fourth-order valence-corrected chi connectivity index (χ4v) is 3.63. The molecule has 0 aromatic heterocycles. The first kappa shape index (κ1) is 10.3. The fourth-order valence-electron chi connectivity index (χ4n) is 3.63. The van der Waals surface area contributed by atoms with E-state index in [9.17, 15) is 0 Å². The molecule has 0 radical (unpaired) electrons. The van der Waals surface area contributed by atoms with Crippen molar-refractivity contribution in [2.24, 2.45) is 11.8 Å². The van der Waals surface area contributed by atoms with Gasteiger partial charge in [0.1, 0.15) is 0 Å². The van der Waals surface area contributed by atoms with Crippen LogP contribution in [0.5, 0.6) is 0 Å². The Labute approximate surface area is 98.3 Å². The average molecular weight is 215 g/mol. The zero-order chi connectivity index (χ0) is 10.8. The molecule has 1 heterocycles. The van der Waals surface area contributed by atoms with Crippen molar-refractivity contribution in [3.05, 3.63) is 35.9 Å². The number of nitrogens with one attached hydrogen (secondary N) is 1. The molecule has 1 saturated carbocycles. The SMILES string of the molecule is c1ccc(C2NCCC3CCCCC32)cc1. The second-order valence-corrected chi connectivity index (χ2v) is 5.34. The molecule has 2 aliphatic rings. The molecule has 1 N–H and O–H groups in total. The Morgan fingerprint density at radius 2 is 1.75 bits per heavy atom. The highest BCUT2D eigenvalue weighted by molar-refractivity contribution is 5.20. The second-order valence-electron chi connectivity index (χ2n) is 5.34. The van der Waals surface area contributed by atoms with Crippen molar-refractivity contribution in [1.29, 1.82) is 0 Å². The number of benzene rings is 1. The van der Waals surface area contributed by atoms with Crippen LogP contribution in [0.1, 0.15) is 43.7 Å². The third-order valence-corrected chi connectivity index (χ3v) is 4.43. The molecule has 3 unspecified atom stereocenters. The number of fused-ring (bicyclic) bond motifs is 1. The molecule has 1 saturated heterocycles. The summed E-state index contributed by atoms with van der Waals surface area (Å²) in [6.07, 6.45) is 7.19. The van der Waals surface area contributed by atoms with Crippen molar-refractivity contribution in [2.75, 3.05) is 6.54 Å². The van der Waals surface area contributed by atoms with Gasteiger partial charge in [0.15, 0.2) is 0 Å². The number of rotatable bonds is 1. The Morgan fingerprint density at radius 1 is 0.938 bits per heavy atom. The quantitative estimate of drug-likeness (QED) is 0.755. The van der Waals surface area contributed by atoms with Gasteiger partial charge in [0.25, 0.3) is 0 Å². The average Bonchev–Trinajstić information content (AvgIpc) is 2.39. The van der Waals surface area contributed by atoms with E-state index >= 15 is 0 Å². The summed E-state index contributed by atoms with van der Waals surface area (Å²) < 4.78 is 0. The molecule has 2 fully saturated rings. The van der Waals surface area contributed by atoms with Gasteiger partial charge in [-0.3, -0.25) is 0 Å². The molecule has 1 heteroatoms. The lowest BCUT2D eigenvalue weighted by molar-refractivity contribution is 0.134. The van der Waals surface area contributed by atoms with Crippen LogP contribution in [-0.4, -0.2) is 6.54 Å². The largest absolute Gasteiger partial charge is 0.310 e. The zero-order valence-corrected chi connectivity index (χ0v) is 9.86. The van der Waals surface area contributed by atoms with E-state index in [0.717, 1.165) is 11.8 Å². The highest BCUT2D eigenvalue weighted by atomic mass is 14.9. The standard InChI is InChI=1S/C15H21N/c1-2-7-13(8-3-1)15-14-9-5-4-6-12(14)10-11-16-15/h1-3,7-8,12,14-16H,4-6,9-11H2. The minimum Gasteiger partial charge on any atom is -0.310 e. The summed E-state index contributed by atoms with van der Waals surface area (Å²) in [7, 11) is 0. The molecule has 16 heavy (non-hydrogen) atoms. The molecule has 0 bridgehead atoms. The first-order valence-electron chi connectivity index (χ1n) is 6.73. The van der Waals surface area contributed by atoms with Crippen LogP contribution in [0.25, 0.3) is 0 Å². The molecule has 3 atom stereocenters. The maximum Gasteiger partial charge on any atom is 0.0351 e.